The topological polar surface area (TPSA) is 84.1 Å². The third kappa shape index (κ3) is 7.73. The standard InChI is InChI=1S/C29H39N3O5/c1-5-6-11-28(33)32(16-17-35-2)21-29(34)31(20-22-12-13-26(36-3)27(18-22)37-4)15-14-23-19-30-25-10-8-7-9-24(23)25/h7-10,12-13,18-19,30H,5-6,11,14-17,20-21H2,1-4H3. The van der Waals surface area contributed by atoms with Crippen molar-refractivity contribution in [3.8, 4) is 11.5 Å². The van der Waals surface area contributed by atoms with E-state index in [1.807, 2.05) is 54.4 Å². The van der Waals surface area contributed by atoms with Crippen LogP contribution in [0.4, 0.5) is 0 Å². The molecule has 0 aliphatic rings. The van der Waals surface area contributed by atoms with Gasteiger partial charge in [0.05, 0.1) is 27.4 Å². The minimum Gasteiger partial charge on any atom is -0.493 e. The zero-order valence-corrected chi connectivity index (χ0v) is 22.4. The number of hydrogen-bond donors (Lipinski definition) is 1. The van der Waals surface area contributed by atoms with Gasteiger partial charge in [-0.3, -0.25) is 9.59 Å². The Hall–Kier alpha value is -3.52. The van der Waals surface area contributed by atoms with Crippen molar-refractivity contribution in [2.75, 3.05) is 47.6 Å². The van der Waals surface area contributed by atoms with Crippen molar-refractivity contribution in [1.82, 2.24) is 14.8 Å². The van der Waals surface area contributed by atoms with E-state index < -0.39 is 0 Å². The summed E-state index contributed by atoms with van der Waals surface area (Å²) in [5.74, 6) is 1.13. The number of hydrogen-bond acceptors (Lipinski definition) is 5. The van der Waals surface area contributed by atoms with Crippen LogP contribution in [0, 0.1) is 0 Å². The van der Waals surface area contributed by atoms with Gasteiger partial charge in [0.25, 0.3) is 0 Å². The lowest BCUT2D eigenvalue weighted by molar-refractivity contribution is -0.141. The summed E-state index contributed by atoms with van der Waals surface area (Å²) in [6.45, 7) is 3.74. The first-order valence-electron chi connectivity index (χ1n) is 12.8. The predicted molar refractivity (Wildman–Crippen MR) is 145 cm³/mol. The molecule has 0 saturated heterocycles. The van der Waals surface area contributed by atoms with Crippen LogP contribution < -0.4 is 9.47 Å². The number of carbonyl (C=O) groups excluding carboxylic acids is 2. The van der Waals surface area contributed by atoms with Gasteiger partial charge in [0.2, 0.25) is 11.8 Å². The highest BCUT2D eigenvalue weighted by Crippen LogP contribution is 2.28. The molecule has 8 nitrogen and oxygen atoms in total. The number of methoxy groups -OCH3 is 3. The fraction of sp³-hybridized carbons (Fsp3) is 0.448. The third-order valence-corrected chi connectivity index (χ3v) is 6.49. The second kappa shape index (κ2) is 14.3. The number of nitrogens with zero attached hydrogens (tertiary/aromatic N) is 2. The van der Waals surface area contributed by atoms with E-state index in [4.69, 9.17) is 14.2 Å². The van der Waals surface area contributed by atoms with Crippen LogP contribution >= 0.6 is 0 Å². The highest BCUT2D eigenvalue weighted by Gasteiger charge is 2.22. The smallest absolute Gasteiger partial charge is 0.242 e. The Morgan fingerprint density at radius 2 is 1.70 bits per heavy atom. The molecule has 0 atom stereocenters. The first kappa shape index (κ1) is 28.1. The molecule has 1 N–H and O–H groups in total. The molecule has 0 unspecified atom stereocenters. The summed E-state index contributed by atoms with van der Waals surface area (Å²) in [6, 6.07) is 13.8. The largest absolute Gasteiger partial charge is 0.493 e. The van der Waals surface area contributed by atoms with Crippen molar-refractivity contribution in [1.29, 1.82) is 0 Å². The molecule has 200 valence electrons. The van der Waals surface area contributed by atoms with Crippen molar-refractivity contribution in [2.45, 2.75) is 39.2 Å². The molecule has 37 heavy (non-hydrogen) atoms. The molecule has 2 amide bonds. The summed E-state index contributed by atoms with van der Waals surface area (Å²) in [5.41, 5.74) is 3.14. The van der Waals surface area contributed by atoms with Crippen LogP contribution in [0.2, 0.25) is 0 Å². The van der Waals surface area contributed by atoms with E-state index >= 15 is 0 Å². The number of amides is 2. The first-order valence-corrected chi connectivity index (χ1v) is 12.8. The van der Waals surface area contributed by atoms with E-state index in [-0.39, 0.29) is 18.4 Å². The average molecular weight is 510 g/mol. The SMILES string of the molecule is CCCCC(=O)N(CCOC)CC(=O)N(CCc1c[nH]c2ccccc12)Cc1ccc(OC)c(OC)c1. The Morgan fingerprint density at radius 1 is 0.919 bits per heavy atom. The van der Waals surface area contributed by atoms with Gasteiger partial charge in [0.15, 0.2) is 11.5 Å². The Balaban J connectivity index is 1.81. The molecule has 0 aliphatic heterocycles. The Morgan fingerprint density at radius 3 is 2.43 bits per heavy atom. The highest BCUT2D eigenvalue weighted by molar-refractivity contribution is 5.85. The van der Waals surface area contributed by atoms with Crippen LogP contribution in [-0.2, 0) is 27.3 Å². The Kier molecular flexibility index (Phi) is 10.8. The molecule has 0 bridgehead atoms. The molecular weight excluding hydrogens is 470 g/mol. The molecule has 8 heteroatoms. The van der Waals surface area contributed by atoms with Crippen LogP contribution in [0.15, 0.2) is 48.7 Å². The van der Waals surface area contributed by atoms with E-state index in [0.717, 1.165) is 34.9 Å². The number of ether oxygens (including phenoxy) is 3. The summed E-state index contributed by atoms with van der Waals surface area (Å²) in [5, 5.41) is 1.15. The predicted octanol–water partition coefficient (Wildman–Crippen LogP) is 4.42. The van der Waals surface area contributed by atoms with Gasteiger partial charge in [-0.2, -0.15) is 0 Å². The molecule has 1 heterocycles. The number of nitrogens with one attached hydrogen (secondary N) is 1. The molecule has 3 rings (SSSR count). The van der Waals surface area contributed by atoms with E-state index in [1.54, 1.807) is 26.2 Å². The molecule has 0 fully saturated rings. The van der Waals surface area contributed by atoms with Crippen LogP contribution in [-0.4, -0.2) is 74.2 Å². The van der Waals surface area contributed by atoms with Gasteiger partial charge in [-0.15, -0.1) is 0 Å². The molecule has 0 aliphatic carbocycles. The van der Waals surface area contributed by atoms with Crippen molar-refractivity contribution in [3.05, 3.63) is 59.8 Å². The summed E-state index contributed by atoms with van der Waals surface area (Å²) < 4.78 is 16.0. The molecule has 0 spiro atoms. The van der Waals surface area contributed by atoms with Crippen LogP contribution in [0.25, 0.3) is 10.9 Å². The molecule has 3 aromatic rings. The average Bonchev–Trinajstić information content (AvgIpc) is 3.34. The minimum atomic E-state index is -0.101. The van der Waals surface area contributed by atoms with E-state index in [1.165, 1.54) is 0 Å². The Bertz CT molecular complexity index is 1160. The third-order valence-electron chi connectivity index (χ3n) is 6.49. The van der Waals surface area contributed by atoms with Gasteiger partial charge in [-0.05, 0) is 42.2 Å². The number of unbranched alkanes of at least 4 members (excludes halogenated alkanes) is 1. The molecule has 0 radical (unpaired) electrons. The minimum absolute atomic E-state index is 0.0186. The maximum Gasteiger partial charge on any atom is 0.242 e. The number of aromatic amines is 1. The van der Waals surface area contributed by atoms with Crippen molar-refractivity contribution in [3.63, 3.8) is 0 Å². The summed E-state index contributed by atoms with van der Waals surface area (Å²) in [6.07, 6.45) is 4.84. The summed E-state index contributed by atoms with van der Waals surface area (Å²) >= 11 is 0. The maximum atomic E-state index is 13.6. The fourth-order valence-corrected chi connectivity index (χ4v) is 4.33. The number of H-pyrrole nitrogens is 1. The van der Waals surface area contributed by atoms with Gasteiger partial charge < -0.3 is 29.0 Å². The van der Waals surface area contributed by atoms with Crippen molar-refractivity contribution >= 4 is 22.7 Å². The number of rotatable bonds is 15. The lowest BCUT2D eigenvalue weighted by atomic mass is 10.1. The van der Waals surface area contributed by atoms with E-state index in [2.05, 4.69) is 11.1 Å². The van der Waals surface area contributed by atoms with E-state index in [0.29, 0.717) is 50.6 Å². The fourth-order valence-electron chi connectivity index (χ4n) is 4.33. The zero-order chi connectivity index (χ0) is 26.6. The monoisotopic (exact) mass is 509 g/mol. The second-order valence-electron chi connectivity index (χ2n) is 9.03. The number of para-hydroxylation sites is 1. The van der Waals surface area contributed by atoms with Crippen molar-refractivity contribution in [2.24, 2.45) is 0 Å². The second-order valence-corrected chi connectivity index (χ2v) is 9.03. The summed E-state index contributed by atoms with van der Waals surface area (Å²) in [4.78, 5) is 33.2. The lowest BCUT2D eigenvalue weighted by Gasteiger charge is -2.28. The lowest BCUT2D eigenvalue weighted by Crippen LogP contribution is -2.44. The molecule has 2 aromatic carbocycles. The number of benzene rings is 2. The summed E-state index contributed by atoms with van der Waals surface area (Å²) in [7, 11) is 4.79. The normalized spacial score (nSPS) is 10.9. The molecule has 0 saturated carbocycles. The Labute approximate surface area is 219 Å². The van der Waals surface area contributed by atoms with E-state index in [9.17, 15) is 9.59 Å². The van der Waals surface area contributed by atoms with Gasteiger partial charge in [0.1, 0.15) is 0 Å². The molecule has 1 aromatic heterocycles. The van der Waals surface area contributed by atoms with Gasteiger partial charge in [-0.1, -0.05) is 37.6 Å². The zero-order valence-electron chi connectivity index (χ0n) is 22.4. The van der Waals surface area contributed by atoms with Crippen LogP contribution in [0.3, 0.4) is 0 Å². The number of fused-ring (bicyclic) bond motifs is 1. The van der Waals surface area contributed by atoms with Gasteiger partial charge >= 0.3 is 0 Å². The van der Waals surface area contributed by atoms with Crippen molar-refractivity contribution < 1.29 is 23.8 Å². The quantitative estimate of drug-likeness (QED) is 0.328. The molecular formula is C29H39N3O5. The van der Waals surface area contributed by atoms with Gasteiger partial charge in [-0.25, -0.2) is 0 Å². The van der Waals surface area contributed by atoms with Crippen LogP contribution in [0.1, 0.15) is 37.3 Å². The first-order chi connectivity index (χ1) is 18.0. The van der Waals surface area contributed by atoms with Gasteiger partial charge in [0, 0.05) is 50.3 Å². The van der Waals surface area contributed by atoms with Crippen LogP contribution in [0.5, 0.6) is 11.5 Å². The number of aromatic nitrogens is 1. The highest BCUT2D eigenvalue weighted by atomic mass is 16.5. The maximum absolute atomic E-state index is 13.6. The number of carbonyl (C=O) groups is 2.